The van der Waals surface area contributed by atoms with Gasteiger partial charge in [-0.2, -0.15) is 0 Å². The summed E-state index contributed by atoms with van der Waals surface area (Å²) >= 11 is 0. The molecule has 0 bridgehead atoms. The van der Waals surface area contributed by atoms with Gasteiger partial charge in [-0.3, -0.25) is 4.79 Å². The molecule has 1 atom stereocenters. The van der Waals surface area contributed by atoms with Gasteiger partial charge < -0.3 is 15.6 Å². The summed E-state index contributed by atoms with van der Waals surface area (Å²) in [6.07, 6.45) is -1.13. The molecule has 16 heavy (non-hydrogen) atoms. The number of nitrogens with two attached hydrogens (primary N) is 1. The third-order valence-electron chi connectivity index (χ3n) is 2.75. The molecule has 1 aromatic carbocycles. The van der Waals surface area contributed by atoms with E-state index in [0.717, 1.165) is 16.9 Å². The number of carbonyl (C=O) groups excluding carboxylic acids is 1. The van der Waals surface area contributed by atoms with E-state index in [0.29, 0.717) is 5.56 Å². The molecule has 4 heteroatoms. The summed E-state index contributed by atoms with van der Waals surface area (Å²) in [4.78, 5) is 11.8. The summed E-state index contributed by atoms with van der Waals surface area (Å²) < 4.78 is 5.15. The number of carbonyl (C=O) groups is 1. The molecule has 1 unspecified atom stereocenters. The molecule has 0 spiro atoms. The van der Waals surface area contributed by atoms with Crippen LogP contribution < -0.4 is 10.5 Å². The van der Waals surface area contributed by atoms with E-state index in [1.165, 1.54) is 0 Å². The lowest BCUT2D eigenvalue weighted by Crippen LogP contribution is -2.29. The van der Waals surface area contributed by atoms with Gasteiger partial charge in [-0.1, -0.05) is 0 Å². The lowest BCUT2D eigenvalue weighted by Gasteiger charge is -2.13. The van der Waals surface area contributed by atoms with Gasteiger partial charge in [0.25, 0.3) is 0 Å². The molecule has 0 amide bonds. The summed E-state index contributed by atoms with van der Waals surface area (Å²) in [5.74, 6) is 0.391. The van der Waals surface area contributed by atoms with E-state index >= 15 is 0 Å². The minimum atomic E-state index is -1.13. The molecule has 1 aromatic rings. The Hall–Kier alpha value is -1.39. The highest BCUT2D eigenvalue weighted by Crippen LogP contribution is 2.24. The number of hydrogen-bond donors (Lipinski definition) is 2. The lowest BCUT2D eigenvalue weighted by molar-refractivity contribution is 0.0762. The van der Waals surface area contributed by atoms with Crippen LogP contribution in [0.15, 0.2) is 12.1 Å². The fraction of sp³-hybridized carbons (Fsp3) is 0.417. The minimum Gasteiger partial charge on any atom is -0.496 e. The van der Waals surface area contributed by atoms with Crippen LogP contribution in [0.2, 0.25) is 0 Å². The van der Waals surface area contributed by atoms with E-state index in [9.17, 15) is 9.90 Å². The van der Waals surface area contributed by atoms with E-state index in [-0.39, 0.29) is 12.3 Å². The summed E-state index contributed by atoms with van der Waals surface area (Å²) in [6, 6.07) is 3.38. The first-order valence-corrected chi connectivity index (χ1v) is 5.09. The van der Waals surface area contributed by atoms with Crippen LogP contribution in [0.5, 0.6) is 5.75 Å². The number of aliphatic hydroxyl groups is 1. The maximum absolute atomic E-state index is 11.8. The molecule has 0 aromatic heterocycles. The van der Waals surface area contributed by atoms with Crippen LogP contribution >= 0.6 is 0 Å². The Balaban J connectivity index is 3.17. The molecular formula is C12H17NO3. The van der Waals surface area contributed by atoms with Crippen LogP contribution in [0.4, 0.5) is 0 Å². The van der Waals surface area contributed by atoms with Crippen molar-refractivity contribution in [2.24, 2.45) is 5.73 Å². The van der Waals surface area contributed by atoms with Gasteiger partial charge in [0.2, 0.25) is 0 Å². The molecule has 0 heterocycles. The molecular weight excluding hydrogens is 206 g/mol. The SMILES string of the molecule is COc1ccc(C(=O)C(O)CN)c(C)c1C. The van der Waals surface area contributed by atoms with Crippen LogP contribution in [0.3, 0.4) is 0 Å². The normalized spacial score (nSPS) is 12.3. The van der Waals surface area contributed by atoms with E-state index in [4.69, 9.17) is 10.5 Å². The number of hydrogen-bond acceptors (Lipinski definition) is 4. The molecule has 0 saturated carbocycles. The third-order valence-corrected chi connectivity index (χ3v) is 2.75. The van der Waals surface area contributed by atoms with Gasteiger partial charge in [-0.05, 0) is 37.1 Å². The van der Waals surface area contributed by atoms with Gasteiger partial charge >= 0.3 is 0 Å². The Bertz CT molecular complexity index is 401. The van der Waals surface area contributed by atoms with Crippen molar-refractivity contribution in [3.63, 3.8) is 0 Å². The first kappa shape index (κ1) is 12.7. The van der Waals surface area contributed by atoms with Crippen molar-refractivity contribution in [1.29, 1.82) is 0 Å². The Morgan fingerprint density at radius 3 is 2.56 bits per heavy atom. The summed E-state index contributed by atoms with van der Waals surface area (Å²) in [5, 5.41) is 9.42. The number of ketones is 1. The maximum atomic E-state index is 11.8. The smallest absolute Gasteiger partial charge is 0.192 e. The Morgan fingerprint density at radius 2 is 2.06 bits per heavy atom. The van der Waals surface area contributed by atoms with E-state index < -0.39 is 6.10 Å². The molecule has 4 nitrogen and oxygen atoms in total. The predicted octanol–water partition coefficient (Wildman–Crippen LogP) is 0.814. The van der Waals surface area contributed by atoms with Gasteiger partial charge in [-0.25, -0.2) is 0 Å². The molecule has 0 aliphatic carbocycles. The van der Waals surface area contributed by atoms with Gasteiger partial charge in [0.05, 0.1) is 7.11 Å². The first-order chi connectivity index (χ1) is 7.52. The topological polar surface area (TPSA) is 72.5 Å². The highest BCUT2D eigenvalue weighted by atomic mass is 16.5. The number of aliphatic hydroxyl groups excluding tert-OH is 1. The standard InChI is InChI=1S/C12H17NO3/c1-7-8(2)11(16-3)5-4-9(7)12(15)10(14)6-13/h4-5,10,14H,6,13H2,1-3H3. The Morgan fingerprint density at radius 1 is 1.44 bits per heavy atom. The lowest BCUT2D eigenvalue weighted by atomic mass is 9.97. The van der Waals surface area contributed by atoms with E-state index in [1.54, 1.807) is 19.2 Å². The molecule has 3 N–H and O–H groups in total. The summed E-state index contributed by atoms with van der Waals surface area (Å²) in [5.41, 5.74) is 7.47. The fourth-order valence-corrected chi connectivity index (χ4v) is 1.57. The predicted molar refractivity (Wildman–Crippen MR) is 61.9 cm³/mol. The van der Waals surface area contributed by atoms with Gasteiger partial charge in [0.1, 0.15) is 11.9 Å². The van der Waals surface area contributed by atoms with E-state index in [2.05, 4.69) is 0 Å². The summed E-state index contributed by atoms with van der Waals surface area (Å²) in [7, 11) is 1.58. The number of Topliss-reactive ketones (excluding diaryl/α,β-unsaturated/α-hetero) is 1. The van der Waals surface area contributed by atoms with Gasteiger partial charge in [0.15, 0.2) is 5.78 Å². The second-order valence-corrected chi connectivity index (χ2v) is 3.68. The number of rotatable bonds is 4. The molecule has 1 rings (SSSR count). The maximum Gasteiger partial charge on any atom is 0.192 e. The van der Waals surface area contributed by atoms with Crippen LogP contribution in [0.1, 0.15) is 21.5 Å². The van der Waals surface area contributed by atoms with Crippen molar-refractivity contribution in [3.8, 4) is 5.75 Å². The highest BCUT2D eigenvalue weighted by Gasteiger charge is 2.19. The van der Waals surface area contributed by atoms with Crippen LogP contribution in [0.25, 0.3) is 0 Å². The van der Waals surface area contributed by atoms with Crippen molar-refractivity contribution >= 4 is 5.78 Å². The zero-order valence-electron chi connectivity index (χ0n) is 9.78. The minimum absolute atomic E-state index is 0.0661. The molecule has 0 fully saturated rings. The Kier molecular flexibility index (Phi) is 4.04. The molecule has 0 saturated heterocycles. The third kappa shape index (κ3) is 2.23. The average Bonchev–Trinajstić information content (AvgIpc) is 2.30. The molecule has 88 valence electrons. The number of ether oxygens (including phenoxy) is 1. The number of benzene rings is 1. The van der Waals surface area contributed by atoms with Gasteiger partial charge in [0, 0.05) is 12.1 Å². The second kappa shape index (κ2) is 5.09. The van der Waals surface area contributed by atoms with Crippen molar-refractivity contribution in [2.45, 2.75) is 20.0 Å². The molecule has 0 aliphatic heterocycles. The summed E-state index contributed by atoms with van der Waals surface area (Å²) in [6.45, 7) is 3.64. The van der Waals surface area contributed by atoms with Crippen molar-refractivity contribution in [3.05, 3.63) is 28.8 Å². The largest absolute Gasteiger partial charge is 0.496 e. The van der Waals surface area contributed by atoms with Crippen LogP contribution in [0, 0.1) is 13.8 Å². The number of methoxy groups -OCH3 is 1. The fourth-order valence-electron chi connectivity index (χ4n) is 1.57. The zero-order chi connectivity index (χ0) is 12.3. The Labute approximate surface area is 95.0 Å². The van der Waals surface area contributed by atoms with Crippen LogP contribution in [-0.2, 0) is 0 Å². The quantitative estimate of drug-likeness (QED) is 0.741. The van der Waals surface area contributed by atoms with Crippen molar-refractivity contribution < 1.29 is 14.6 Å². The monoisotopic (exact) mass is 223 g/mol. The van der Waals surface area contributed by atoms with Crippen molar-refractivity contribution in [2.75, 3.05) is 13.7 Å². The van der Waals surface area contributed by atoms with Gasteiger partial charge in [-0.15, -0.1) is 0 Å². The first-order valence-electron chi connectivity index (χ1n) is 5.09. The zero-order valence-corrected chi connectivity index (χ0v) is 9.78. The molecule has 0 radical (unpaired) electrons. The van der Waals surface area contributed by atoms with Crippen LogP contribution in [-0.4, -0.2) is 30.6 Å². The second-order valence-electron chi connectivity index (χ2n) is 3.68. The average molecular weight is 223 g/mol. The molecule has 0 aliphatic rings. The van der Waals surface area contributed by atoms with E-state index in [1.807, 2.05) is 13.8 Å². The highest BCUT2D eigenvalue weighted by molar-refractivity contribution is 6.01. The van der Waals surface area contributed by atoms with Crippen molar-refractivity contribution in [1.82, 2.24) is 0 Å².